The van der Waals surface area contributed by atoms with Crippen molar-refractivity contribution >= 4 is 17.0 Å². The van der Waals surface area contributed by atoms with E-state index in [0.717, 1.165) is 0 Å². The average Bonchev–Trinajstić information content (AvgIpc) is 3.09. The molecular formula is C12H14N4O5. The number of ether oxygens (including phenoxy) is 2. The molecule has 0 unspecified atom stereocenters. The summed E-state index contributed by atoms with van der Waals surface area (Å²) >= 11 is 0. The summed E-state index contributed by atoms with van der Waals surface area (Å²) in [5, 5.41) is 20.0. The number of hydrogen-bond donors (Lipinski definition) is 4. The van der Waals surface area contributed by atoms with E-state index in [2.05, 4.69) is 9.97 Å². The van der Waals surface area contributed by atoms with E-state index in [9.17, 15) is 15.0 Å². The van der Waals surface area contributed by atoms with Gasteiger partial charge in [0.25, 0.3) is 5.56 Å². The van der Waals surface area contributed by atoms with Crippen LogP contribution in [0.2, 0.25) is 0 Å². The van der Waals surface area contributed by atoms with Gasteiger partial charge in [-0.05, 0) is 6.07 Å². The zero-order chi connectivity index (χ0) is 14.8. The molecule has 2 fully saturated rings. The van der Waals surface area contributed by atoms with E-state index >= 15 is 0 Å². The third kappa shape index (κ3) is 1.54. The Morgan fingerprint density at radius 2 is 2.43 bits per heavy atom. The molecule has 0 aliphatic carbocycles. The quantitative estimate of drug-likeness (QED) is 0.519. The zero-order valence-corrected chi connectivity index (χ0v) is 10.9. The molecule has 5 N–H and O–H groups in total. The monoisotopic (exact) mass is 294 g/mol. The second kappa shape index (κ2) is 4.04. The molecular weight excluding hydrogens is 280 g/mol. The molecule has 2 saturated heterocycles. The number of hydrogen-bond acceptors (Lipinski definition) is 7. The van der Waals surface area contributed by atoms with Crippen LogP contribution in [0.1, 0.15) is 6.23 Å². The number of aliphatic hydroxyl groups is 2. The van der Waals surface area contributed by atoms with Gasteiger partial charge in [-0.2, -0.15) is 4.98 Å². The Morgan fingerprint density at radius 3 is 3.14 bits per heavy atom. The van der Waals surface area contributed by atoms with Crippen molar-refractivity contribution in [2.75, 3.05) is 18.9 Å². The molecule has 9 heteroatoms. The summed E-state index contributed by atoms with van der Waals surface area (Å²) in [6.45, 7) is -0.225. The van der Waals surface area contributed by atoms with Crippen LogP contribution in [-0.4, -0.2) is 55.8 Å². The second-order valence-corrected chi connectivity index (χ2v) is 5.36. The summed E-state index contributed by atoms with van der Waals surface area (Å²) in [7, 11) is 0. The van der Waals surface area contributed by atoms with Crippen LogP contribution < -0.4 is 11.3 Å². The van der Waals surface area contributed by atoms with Crippen molar-refractivity contribution < 1.29 is 19.7 Å². The van der Waals surface area contributed by atoms with E-state index in [0.29, 0.717) is 11.0 Å². The van der Waals surface area contributed by atoms with Gasteiger partial charge in [0.2, 0.25) is 5.95 Å². The van der Waals surface area contributed by atoms with Crippen molar-refractivity contribution in [1.82, 2.24) is 14.5 Å². The maximum Gasteiger partial charge on any atom is 0.261 e. The molecule has 4 atom stereocenters. The van der Waals surface area contributed by atoms with Gasteiger partial charge in [0.15, 0.2) is 11.9 Å². The molecule has 2 aromatic rings. The van der Waals surface area contributed by atoms with Gasteiger partial charge in [-0.1, -0.05) is 0 Å². The zero-order valence-electron chi connectivity index (χ0n) is 10.9. The lowest BCUT2D eigenvalue weighted by Crippen LogP contribution is -2.44. The van der Waals surface area contributed by atoms with E-state index in [1.807, 2.05) is 0 Å². The molecule has 21 heavy (non-hydrogen) atoms. The molecule has 0 aromatic carbocycles. The number of aromatic amines is 1. The normalized spacial score (nSPS) is 34.9. The molecule has 0 amide bonds. The Kier molecular flexibility index (Phi) is 2.46. The SMILES string of the molecule is Nc1nc2c(ccn2[C@@H]2O[C@@]3(CO)CO[C@@H]2[C@@H]3O)c(=O)[nH]1. The number of H-pyrrole nitrogens is 1. The number of nitrogens with two attached hydrogens (primary N) is 1. The minimum absolute atomic E-state index is 0.00561. The van der Waals surface area contributed by atoms with Gasteiger partial charge in [-0.15, -0.1) is 0 Å². The highest BCUT2D eigenvalue weighted by Crippen LogP contribution is 2.45. The van der Waals surface area contributed by atoms with Crippen LogP contribution in [0, 0.1) is 0 Å². The smallest absolute Gasteiger partial charge is 0.261 e. The number of nitrogens with one attached hydrogen (secondary N) is 1. The Bertz CT molecular complexity index is 771. The first-order valence-corrected chi connectivity index (χ1v) is 6.50. The van der Waals surface area contributed by atoms with Gasteiger partial charge in [-0.3, -0.25) is 9.78 Å². The number of fused-ring (bicyclic) bond motifs is 3. The van der Waals surface area contributed by atoms with Gasteiger partial charge in [0.05, 0.1) is 18.6 Å². The third-order valence-corrected chi connectivity index (χ3v) is 4.15. The standard InChI is InChI=1S/C12H14N4O5/c13-11-14-8-5(9(19)15-11)1-2-16(8)10-6-7(18)12(3-17,21-10)4-20-6/h1-2,6-7,10,17-18H,3-4H2,(H3,13,14,15,19)/t6-,7+,10-,12+/m1/s1. The van der Waals surface area contributed by atoms with Crippen LogP contribution >= 0.6 is 0 Å². The van der Waals surface area contributed by atoms with Crippen LogP contribution in [0.5, 0.6) is 0 Å². The highest BCUT2D eigenvalue weighted by molar-refractivity contribution is 5.76. The molecule has 0 radical (unpaired) electrons. The lowest BCUT2D eigenvalue weighted by atomic mass is 10.0. The first-order chi connectivity index (χ1) is 10.1. The Balaban J connectivity index is 1.84. The van der Waals surface area contributed by atoms with Crippen LogP contribution in [-0.2, 0) is 9.47 Å². The molecule has 9 nitrogen and oxygen atoms in total. The molecule has 112 valence electrons. The Morgan fingerprint density at radius 1 is 1.62 bits per heavy atom. The lowest BCUT2D eigenvalue weighted by Gasteiger charge is -2.29. The summed E-state index contributed by atoms with van der Waals surface area (Å²) in [6, 6.07) is 1.59. The first kappa shape index (κ1) is 12.8. The fourth-order valence-electron chi connectivity index (χ4n) is 3.02. The number of aromatic nitrogens is 3. The predicted octanol–water partition coefficient (Wildman–Crippen LogP) is -1.67. The van der Waals surface area contributed by atoms with Crippen molar-refractivity contribution in [1.29, 1.82) is 0 Å². The van der Waals surface area contributed by atoms with Crippen LogP contribution in [0.3, 0.4) is 0 Å². The summed E-state index contributed by atoms with van der Waals surface area (Å²) in [6.07, 6.45) is -0.620. The van der Waals surface area contributed by atoms with E-state index in [1.165, 1.54) is 0 Å². The minimum atomic E-state index is -1.13. The Labute approximate surface area is 117 Å². The van der Waals surface area contributed by atoms with E-state index in [1.54, 1.807) is 16.8 Å². The molecule has 4 heterocycles. The van der Waals surface area contributed by atoms with Crippen molar-refractivity contribution in [2.45, 2.75) is 24.0 Å². The van der Waals surface area contributed by atoms with Gasteiger partial charge < -0.3 is 30.0 Å². The van der Waals surface area contributed by atoms with Crippen molar-refractivity contribution in [3.05, 3.63) is 22.6 Å². The summed E-state index contributed by atoms with van der Waals surface area (Å²) in [5.74, 6) is -0.00561. The van der Waals surface area contributed by atoms with E-state index in [-0.39, 0.29) is 24.7 Å². The molecule has 0 spiro atoms. The van der Waals surface area contributed by atoms with Crippen LogP contribution in [0.4, 0.5) is 5.95 Å². The predicted molar refractivity (Wildman–Crippen MR) is 70.5 cm³/mol. The van der Waals surface area contributed by atoms with E-state index in [4.69, 9.17) is 15.2 Å². The number of nitrogen functional groups attached to an aromatic ring is 1. The number of anilines is 1. The summed E-state index contributed by atoms with van der Waals surface area (Å²) < 4.78 is 12.9. The molecule has 4 rings (SSSR count). The van der Waals surface area contributed by atoms with Gasteiger partial charge in [0, 0.05) is 6.20 Å². The molecule has 2 aromatic heterocycles. The van der Waals surface area contributed by atoms with E-state index < -0.39 is 24.0 Å². The van der Waals surface area contributed by atoms with Crippen LogP contribution in [0.25, 0.3) is 11.0 Å². The van der Waals surface area contributed by atoms with Crippen molar-refractivity contribution in [3.8, 4) is 0 Å². The average molecular weight is 294 g/mol. The highest BCUT2D eigenvalue weighted by atomic mass is 16.7. The highest BCUT2D eigenvalue weighted by Gasteiger charge is 2.61. The first-order valence-electron chi connectivity index (χ1n) is 6.50. The van der Waals surface area contributed by atoms with Gasteiger partial charge >= 0.3 is 0 Å². The topological polar surface area (TPSA) is 136 Å². The minimum Gasteiger partial charge on any atom is -0.393 e. The number of aliphatic hydroxyl groups excluding tert-OH is 2. The summed E-state index contributed by atoms with van der Waals surface area (Å²) in [4.78, 5) is 18.3. The maximum absolute atomic E-state index is 11.8. The molecule has 0 saturated carbocycles. The summed E-state index contributed by atoms with van der Waals surface area (Å²) in [5.41, 5.74) is 4.43. The van der Waals surface area contributed by atoms with Crippen LogP contribution in [0.15, 0.2) is 17.1 Å². The fraction of sp³-hybridized carbons (Fsp3) is 0.500. The molecule has 2 aliphatic rings. The second-order valence-electron chi connectivity index (χ2n) is 5.36. The number of rotatable bonds is 2. The maximum atomic E-state index is 11.8. The molecule has 2 aliphatic heterocycles. The van der Waals surface area contributed by atoms with Crippen molar-refractivity contribution in [3.63, 3.8) is 0 Å². The lowest BCUT2D eigenvalue weighted by molar-refractivity contribution is -0.185. The Hall–Kier alpha value is -1.94. The van der Waals surface area contributed by atoms with Gasteiger partial charge in [0.1, 0.15) is 17.8 Å². The largest absolute Gasteiger partial charge is 0.393 e. The van der Waals surface area contributed by atoms with Gasteiger partial charge in [-0.25, -0.2) is 0 Å². The fourth-order valence-corrected chi connectivity index (χ4v) is 3.02. The van der Waals surface area contributed by atoms with Crippen molar-refractivity contribution in [2.24, 2.45) is 0 Å². The third-order valence-electron chi connectivity index (χ3n) is 4.15. The number of nitrogens with zero attached hydrogens (tertiary/aromatic N) is 2. The molecule has 2 bridgehead atoms.